The summed E-state index contributed by atoms with van der Waals surface area (Å²) < 4.78 is 0. The van der Waals surface area contributed by atoms with Crippen LogP contribution < -0.4 is 5.32 Å². The minimum Gasteiger partial charge on any atom is -0.324 e. The second-order valence-electron chi connectivity index (χ2n) is 10.2. The van der Waals surface area contributed by atoms with Crippen LogP contribution in [0.2, 0.25) is 0 Å². The topological polar surface area (TPSA) is 66.5 Å². The van der Waals surface area contributed by atoms with E-state index in [0.29, 0.717) is 18.3 Å². The van der Waals surface area contributed by atoms with Gasteiger partial charge in [-0.2, -0.15) is 0 Å². The third-order valence-electron chi connectivity index (χ3n) is 8.23. The van der Waals surface area contributed by atoms with Crippen LogP contribution in [0, 0.1) is 49.4 Å². The number of benzene rings is 2. The van der Waals surface area contributed by atoms with E-state index in [1.54, 1.807) is 0 Å². The van der Waals surface area contributed by atoms with Crippen LogP contribution in [0.4, 0.5) is 5.69 Å². The monoisotopic (exact) mass is 440 g/mol. The van der Waals surface area contributed by atoms with Gasteiger partial charge in [-0.25, -0.2) is 0 Å². The zero-order chi connectivity index (χ0) is 22.9. The molecule has 1 aliphatic heterocycles. The Morgan fingerprint density at radius 1 is 0.970 bits per heavy atom. The van der Waals surface area contributed by atoms with Crippen LogP contribution in [0.15, 0.2) is 60.7 Å². The van der Waals surface area contributed by atoms with Crippen molar-refractivity contribution in [3.05, 3.63) is 77.4 Å². The summed E-state index contributed by atoms with van der Waals surface area (Å²) in [5, 5.41) is 3.03. The molecule has 0 spiro atoms. The molecule has 5 heteroatoms. The van der Waals surface area contributed by atoms with Gasteiger partial charge in [0.15, 0.2) is 0 Å². The molecule has 3 fully saturated rings. The highest BCUT2D eigenvalue weighted by Gasteiger charge is 2.67. The van der Waals surface area contributed by atoms with Crippen molar-refractivity contribution in [3.8, 4) is 0 Å². The normalized spacial score (nSPS) is 31.9. The van der Waals surface area contributed by atoms with Gasteiger partial charge in [0.25, 0.3) is 0 Å². The molecule has 1 saturated heterocycles. The van der Waals surface area contributed by atoms with E-state index in [-0.39, 0.29) is 41.4 Å². The summed E-state index contributed by atoms with van der Waals surface area (Å²) >= 11 is 0. The first-order valence-corrected chi connectivity index (χ1v) is 11.9. The molecule has 3 amide bonds. The summed E-state index contributed by atoms with van der Waals surface area (Å²) in [7, 11) is 0. The molecule has 4 aliphatic carbocycles. The summed E-state index contributed by atoms with van der Waals surface area (Å²) in [4.78, 5) is 42.4. The van der Waals surface area contributed by atoms with Crippen LogP contribution in [0.3, 0.4) is 0 Å². The number of aryl methyl sites for hydroxylation is 2. The number of carbonyl (C=O) groups excluding carboxylic acids is 3. The molecule has 0 radical (unpaired) electrons. The Bertz CT molecular complexity index is 1150. The Labute approximate surface area is 193 Å². The predicted molar refractivity (Wildman–Crippen MR) is 125 cm³/mol. The highest BCUT2D eigenvalue weighted by atomic mass is 16.2. The highest BCUT2D eigenvalue weighted by molar-refractivity contribution is 6.11. The lowest BCUT2D eigenvalue weighted by molar-refractivity contribution is -0.146. The fourth-order valence-electron chi connectivity index (χ4n) is 6.51. The Hall–Kier alpha value is -3.21. The Morgan fingerprint density at radius 2 is 1.61 bits per heavy atom. The summed E-state index contributed by atoms with van der Waals surface area (Å²) in [6.45, 7) is 3.92. The molecule has 33 heavy (non-hydrogen) atoms. The first-order valence-electron chi connectivity index (χ1n) is 11.9. The summed E-state index contributed by atoms with van der Waals surface area (Å²) in [5.41, 5.74) is 3.63. The van der Waals surface area contributed by atoms with E-state index in [9.17, 15) is 14.4 Å². The second-order valence-corrected chi connectivity index (χ2v) is 10.2. The average molecular weight is 441 g/mol. The third-order valence-corrected chi connectivity index (χ3v) is 8.23. The van der Waals surface area contributed by atoms with Gasteiger partial charge >= 0.3 is 0 Å². The number of nitrogens with one attached hydrogen (secondary N) is 1. The molecule has 168 valence electrons. The molecule has 2 aromatic rings. The summed E-state index contributed by atoms with van der Waals surface area (Å²) in [6.07, 6.45) is 5.76. The highest BCUT2D eigenvalue weighted by Crippen LogP contribution is 2.65. The SMILES string of the molecule is Cc1ccc(C)c(NC(=O)[C@H](Cc2ccccc2)N2C(=O)[C@@H]3[C@H]4C=C[C@@H]([C@@H]5C[C@H]45)[C@H]3C2=O)c1. The molecule has 2 bridgehead atoms. The Morgan fingerprint density at radius 3 is 2.24 bits per heavy atom. The molecule has 1 N–H and O–H groups in total. The lowest BCUT2D eigenvalue weighted by atomic mass is 9.63. The number of hydrogen-bond donors (Lipinski definition) is 1. The Kier molecular flexibility index (Phi) is 4.58. The minimum atomic E-state index is -0.867. The maximum absolute atomic E-state index is 13.7. The number of anilines is 1. The van der Waals surface area contributed by atoms with Gasteiger partial charge in [-0.15, -0.1) is 0 Å². The first-order chi connectivity index (χ1) is 15.9. The van der Waals surface area contributed by atoms with Crippen molar-refractivity contribution in [3.63, 3.8) is 0 Å². The van der Waals surface area contributed by atoms with Crippen molar-refractivity contribution in [1.29, 1.82) is 0 Å². The van der Waals surface area contributed by atoms with Gasteiger partial charge < -0.3 is 5.32 Å². The molecule has 5 aliphatic rings. The van der Waals surface area contributed by atoms with Crippen LogP contribution in [0.5, 0.6) is 0 Å². The van der Waals surface area contributed by atoms with Crippen molar-refractivity contribution in [1.82, 2.24) is 4.90 Å². The molecular weight excluding hydrogens is 412 g/mol. The lowest BCUT2D eigenvalue weighted by Crippen LogP contribution is -2.49. The molecule has 1 heterocycles. The maximum Gasteiger partial charge on any atom is 0.248 e. The molecule has 0 unspecified atom stereocenters. The second kappa shape index (κ2) is 7.41. The quantitative estimate of drug-likeness (QED) is 0.566. The van der Waals surface area contributed by atoms with Crippen molar-refractivity contribution < 1.29 is 14.4 Å². The van der Waals surface area contributed by atoms with Crippen molar-refractivity contribution in [2.75, 3.05) is 5.32 Å². The fourth-order valence-corrected chi connectivity index (χ4v) is 6.51. The van der Waals surface area contributed by atoms with Crippen molar-refractivity contribution in [2.24, 2.45) is 35.5 Å². The van der Waals surface area contributed by atoms with Gasteiger partial charge in [0.2, 0.25) is 17.7 Å². The molecule has 2 aromatic carbocycles. The van der Waals surface area contributed by atoms with Gasteiger partial charge in [0.1, 0.15) is 6.04 Å². The first kappa shape index (κ1) is 20.4. The van der Waals surface area contributed by atoms with E-state index in [4.69, 9.17) is 0 Å². The summed E-state index contributed by atoms with van der Waals surface area (Å²) in [5.74, 6) is 0.128. The Balaban J connectivity index is 1.34. The third kappa shape index (κ3) is 3.17. The summed E-state index contributed by atoms with van der Waals surface area (Å²) in [6, 6.07) is 14.7. The van der Waals surface area contributed by atoms with Gasteiger partial charge in [0.05, 0.1) is 11.8 Å². The maximum atomic E-state index is 13.7. The molecule has 5 nitrogen and oxygen atoms in total. The van der Waals surface area contributed by atoms with E-state index in [0.717, 1.165) is 28.8 Å². The van der Waals surface area contributed by atoms with Crippen LogP contribution in [0.1, 0.15) is 23.1 Å². The largest absolute Gasteiger partial charge is 0.324 e. The number of likely N-dealkylation sites (tertiary alicyclic amines) is 1. The van der Waals surface area contributed by atoms with Crippen LogP contribution in [-0.2, 0) is 20.8 Å². The number of amides is 3. The number of rotatable bonds is 5. The van der Waals surface area contributed by atoms with Gasteiger partial charge in [0, 0.05) is 12.1 Å². The molecular formula is C28H28N2O3. The van der Waals surface area contributed by atoms with E-state index in [2.05, 4.69) is 17.5 Å². The van der Waals surface area contributed by atoms with E-state index in [1.165, 1.54) is 4.90 Å². The smallest absolute Gasteiger partial charge is 0.248 e. The number of imide groups is 1. The van der Waals surface area contributed by atoms with Crippen molar-refractivity contribution >= 4 is 23.4 Å². The predicted octanol–water partition coefficient (Wildman–Crippen LogP) is 3.91. The number of allylic oxidation sites excluding steroid dienone is 2. The van der Waals surface area contributed by atoms with Crippen LogP contribution >= 0.6 is 0 Å². The molecule has 0 aromatic heterocycles. The van der Waals surface area contributed by atoms with Crippen LogP contribution in [-0.4, -0.2) is 28.7 Å². The van der Waals surface area contributed by atoms with E-state index < -0.39 is 6.04 Å². The number of carbonyl (C=O) groups is 3. The standard InChI is InChI=1S/C28H28N2O3/c1-15-8-9-16(2)22(12-15)29-26(31)23(13-17-6-4-3-5-7-17)30-27(32)24-18-10-11-19(21-14-20(18)21)25(24)28(30)33/h3-12,18-21,23-25H,13-14H2,1-2H3,(H,29,31)/t18-,19-,20-,21+,23-,24+,25+/m0/s1. The van der Waals surface area contributed by atoms with Crippen LogP contribution in [0.25, 0.3) is 0 Å². The fraction of sp³-hybridized carbons (Fsp3) is 0.393. The van der Waals surface area contributed by atoms with Crippen molar-refractivity contribution in [2.45, 2.75) is 32.7 Å². The lowest BCUT2D eigenvalue weighted by Gasteiger charge is -2.37. The van der Waals surface area contributed by atoms with E-state index in [1.807, 2.05) is 62.4 Å². The average Bonchev–Trinajstić information content (AvgIpc) is 3.59. The van der Waals surface area contributed by atoms with Gasteiger partial charge in [-0.3, -0.25) is 19.3 Å². The number of nitrogens with zero attached hydrogens (tertiary/aromatic N) is 1. The zero-order valence-electron chi connectivity index (χ0n) is 18.9. The van der Waals surface area contributed by atoms with Gasteiger partial charge in [-0.1, -0.05) is 54.6 Å². The minimum absolute atomic E-state index is 0.144. The van der Waals surface area contributed by atoms with Gasteiger partial charge in [-0.05, 0) is 66.7 Å². The number of hydrogen-bond acceptors (Lipinski definition) is 3. The zero-order valence-corrected chi connectivity index (χ0v) is 18.9. The van der Waals surface area contributed by atoms with E-state index >= 15 is 0 Å². The molecule has 2 saturated carbocycles. The molecule has 7 rings (SSSR count). The molecule has 7 atom stereocenters.